The predicted molar refractivity (Wildman–Crippen MR) is 72.1 cm³/mol. The molecule has 0 aliphatic carbocycles. The van der Waals surface area contributed by atoms with Crippen LogP contribution in [0.15, 0.2) is 18.2 Å². The molecule has 0 unspecified atom stereocenters. The average molecular weight is 253 g/mol. The molecule has 0 saturated carbocycles. The Morgan fingerprint density at radius 2 is 1.89 bits per heavy atom. The normalized spacial score (nSPS) is 11.4. The van der Waals surface area contributed by atoms with E-state index in [0.29, 0.717) is 13.2 Å². The van der Waals surface area contributed by atoms with E-state index in [0.717, 1.165) is 23.5 Å². The number of methoxy groups -OCH3 is 2. The van der Waals surface area contributed by atoms with Gasteiger partial charge in [0, 0.05) is 20.1 Å². The van der Waals surface area contributed by atoms with Crippen LogP contribution in [-0.4, -0.2) is 26.4 Å². The van der Waals surface area contributed by atoms with Crippen LogP contribution >= 0.6 is 0 Å². The molecule has 0 radical (unpaired) electrons. The van der Waals surface area contributed by atoms with Gasteiger partial charge in [0.1, 0.15) is 0 Å². The molecule has 0 atom stereocenters. The lowest BCUT2D eigenvalue weighted by atomic mass is 10.1. The van der Waals surface area contributed by atoms with Crippen LogP contribution in [0.1, 0.15) is 25.8 Å². The molecule has 1 aromatic carbocycles. The van der Waals surface area contributed by atoms with E-state index in [1.807, 2.05) is 32.0 Å². The molecule has 18 heavy (non-hydrogen) atoms. The van der Waals surface area contributed by atoms with Crippen LogP contribution in [0.4, 0.5) is 0 Å². The number of ether oxygens (including phenoxy) is 3. The van der Waals surface area contributed by atoms with E-state index in [2.05, 4.69) is 0 Å². The zero-order chi connectivity index (χ0) is 13.6. The Hall–Kier alpha value is -1.26. The van der Waals surface area contributed by atoms with Crippen molar-refractivity contribution < 1.29 is 14.2 Å². The Balaban J connectivity index is 2.65. The van der Waals surface area contributed by atoms with E-state index >= 15 is 0 Å². The van der Waals surface area contributed by atoms with Gasteiger partial charge in [-0.25, -0.2) is 0 Å². The summed E-state index contributed by atoms with van der Waals surface area (Å²) >= 11 is 0. The Morgan fingerprint density at radius 3 is 2.44 bits per heavy atom. The number of hydrogen-bond donors (Lipinski definition) is 1. The van der Waals surface area contributed by atoms with E-state index in [9.17, 15) is 0 Å². The third kappa shape index (κ3) is 4.20. The maximum Gasteiger partial charge on any atom is 0.161 e. The molecule has 0 fully saturated rings. The van der Waals surface area contributed by atoms with Crippen molar-refractivity contribution in [3.05, 3.63) is 23.8 Å². The minimum atomic E-state index is -0.182. The third-order valence-corrected chi connectivity index (χ3v) is 2.98. The fourth-order valence-electron chi connectivity index (χ4n) is 1.47. The van der Waals surface area contributed by atoms with E-state index in [1.54, 1.807) is 14.2 Å². The van der Waals surface area contributed by atoms with Crippen molar-refractivity contribution >= 4 is 0 Å². The Kier molecular flexibility index (Phi) is 5.44. The van der Waals surface area contributed by atoms with Crippen molar-refractivity contribution in [1.82, 2.24) is 0 Å². The first-order valence-corrected chi connectivity index (χ1v) is 6.07. The summed E-state index contributed by atoms with van der Waals surface area (Å²) in [6.07, 6.45) is 0.805. The van der Waals surface area contributed by atoms with Crippen molar-refractivity contribution in [2.45, 2.75) is 32.4 Å². The van der Waals surface area contributed by atoms with Gasteiger partial charge in [-0.3, -0.25) is 0 Å². The second-order valence-electron chi connectivity index (χ2n) is 4.75. The van der Waals surface area contributed by atoms with Crippen molar-refractivity contribution in [3.63, 3.8) is 0 Å². The van der Waals surface area contributed by atoms with Gasteiger partial charge in [-0.2, -0.15) is 0 Å². The molecule has 2 N–H and O–H groups in total. The second kappa shape index (κ2) is 6.61. The topological polar surface area (TPSA) is 53.7 Å². The van der Waals surface area contributed by atoms with Gasteiger partial charge in [-0.05, 0) is 31.5 Å². The van der Waals surface area contributed by atoms with E-state index in [-0.39, 0.29) is 5.60 Å². The Bertz CT molecular complexity index is 377. The van der Waals surface area contributed by atoms with Crippen LogP contribution in [0, 0.1) is 0 Å². The highest BCUT2D eigenvalue weighted by atomic mass is 16.5. The smallest absolute Gasteiger partial charge is 0.161 e. The minimum Gasteiger partial charge on any atom is -0.493 e. The van der Waals surface area contributed by atoms with Crippen LogP contribution in [0.5, 0.6) is 11.5 Å². The molecular weight excluding hydrogens is 230 g/mol. The van der Waals surface area contributed by atoms with E-state index in [1.165, 1.54) is 0 Å². The summed E-state index contributed by atoms with van der Waals surface area (Å²) in [5.74, 6) is 1.45. The Labute approximate surface area is 109 Å². The summed E-state index contributed by atoms with van der Waals surface area (Å²) in [6, 6.07) is 5.72. The van der Waals surface area contributed by atoms with Crippen LogP contribution in [-0.2, 0) is 11.3 Å². The van der Waals surface area contributed by atoms with Gasteiger partial charge in [-0.1, -0.05) is 6.07 Å². The van der Waals surface area contributed by atoms with E-state index in [4.69, 9.17) is 19.9 Å². The van der Waals surface area contributed by atoms with Crippen molar-refractivity contribution in [3.8, 4) is 11.5 Å². The predicted octanol–water partition coefficient (Wildman–Crippen LogP) is 2.35. The SMILES string of the molecule is COc1ccc(CN)cc1OCCC(C)(C)OC. The molecule has 102 valence electrons. The Morgan fingerprint density at radius 1 is 1.17 bits per heavy atom. The summed E-state index contributed by atoms with van der Waals surface area (Å²) in [6.45, 7) is 5.13. The molecule has 4 heteroatoms. The maximum atomic E-state index is 5.75. The quantitative estimate of drug-likeness (QED) is 0.810. The van der Waals surface area contributed by atoms with Crippen LogP contribution in [0.25, 0.3) is 0 Å². The zero-order valence-corrected chi connectivity index (χ0v) is 11.7. The maximum absolute atomic E-state index is 5.75. The van der Waals surface area contributed by atoms with Gasteiger partial charge in [0.2, 0.25) is 0 Å². The molecule has 1 rings (SSSR count). The molecule has 0 aliphatic rings. The zero-order valence-electron chi connectivity index (χ0n) is 11.7. The van der Waals surface area contributed by atoms with Gasteiger partial charge in [0.25, 0.3) is 0 Å². The van der Waals surface area contributed by atoms with E-state index < -0.39 is 0 Å². The minimum absolute atomic E-state index is 0.182. The molecule has 0 heterocycles. The first-order chi connectivity index (χ1) is 8.52. The van der Waals surface area contributed by atoms with Crippen molar-refractivity contribution in [2.24, 2.45) is 5.73 Å². The standard InChI is InChI=1S/C14H23NO3/c1-14(2,17-4)7-8-18-13-9-11(10-15)5-6-12(13)16-3/h5-6,9H,7-8,10,15H2,1-4H3. The van der Waals surface area contributed by atoms with Gasteiger partial charge >= 0.3 is 0 Å². The summed E-state index contributed by atoms with van der Waals surface area (Å²) in [7, 11) is 3.33. The molecule has 0 amide bonds. The molecule has 0 aromatic heterocycles. The molecule has 0 saturated heterocycles. The lowest BCUT2D eigenvalue weighted by molar-refractivity contribution is 0.00525. The molecule has 1 aromatic rings. The van der Waals surface area contributed by atoms with Crippen LogP contribution in [0.2, 0.25) is 0 Å². The summed E-state index contributed by atoms with van der Waals surface area (Å²) in [5.41, 5.74) is 6.46. The van der Waals surface area contributed by atoms with Gasteiger partial charge < -0.3 is 19.9 Å². The number of rotatable bonds is 7. The average Bonchev–Trinajstić information content (AvgIpc) is 2.38. The number of nitrogens with two attached hydrogens (primary N) is 1. The number of hydrogen-bond acceptors (Lipinski definition) is 4. The summed E-state index contributed by atoms with van der Waals surface area (Å²) in [4.78, 5) is 0. The first kappa shape index (κ1) is 14.8. The summed E-state index contributed by atoms with van der Waals surface area (Å²) in [5, 5.41) is 0. The third-order valence-electron chi connectivity index (χ3n) is 2.98. The highest BCUT2D eigenvalue weighted by Gasteiger charge is 2.16. The molecule has 4 nitrogen and oxygen atoms in total. The highest BCUT2D eigenvalue weighted by molar-refractivity contribution is 5.42. The monoisotopic (exact) mass is 253 g/mol. The van der Waals surface area contributed by atoms with Crippen LogP contribution < -0.4 is 15.2 Å². The fraction of sp³-hybridized carbons (Fsp3) is 0.571. The van der Waals surface area contributed by atoms with Crippen molar-refractivity contribution in [1.29, 1.82) is 0 Å². The second-order valence-corrected chi connectivity index (χ2v) is 4.75. The van der Waals surface area contributed by atoms with Crippen LogP contribution in [0.3, 0.4) is 0 Å². The molecule has 0 aliphatic heterocycles. The molecular formula is C14H23NO3. The number of benzene rings is 1. The summed E-state index contributed by atoms with van der Waals surface area (Å²) < 4.78 is 16.4. The lowest BCUT2D eigenvalue weighted by Gasteiger charge is -2.23. The van der Waals surface area contributed by atoms with Gasteiger partial charge in [-0.15, -0.1) is 0 Å². The van der Waals surface area contributed by atoms with Gasteiger partial charge in [0.05, 0.1) is 19.3 Å². The first-order valence-electron chi connectivity index (χ1n) is 6.07. The fourth-order valence-corrected chi connectivity index (χ4v) is 1.47. The highest BCUT2D eigenvalue weighted by Crippen LogP contribution is 2.28. The lowest BCUT2D eigenvalue weighted by Crippen LogP contribution is -2.25. The molecule has 0 bridgehead atoms. The largest absolute Gasteiger partial charge is 0.493 e. The van der Waals surface area contributed by atoms with Crippen molar-refractivity contribution in [2.75, 3.05) is 20.8 Å². The molecule has 0 spiro atoms. The van der Waals surface area contributed by atoms with Gasteiger partial charge in [0.15, 0.2) is 11.5 Å².